The lowest BCUT2D eigenvalue weighted by molar-refractivity contribution is 0.323. The number of H-pyrrole nitrogens is 1. The molecule has 0 aliphatic carbocycles. The summed E-state index contributed by atoms with van der Waals surface area (Å²) in [6.07, 6.45) is 7.64. The number of hydrogen-bond acceptors (Lipinski definition) is 4. The van der Waals surface area contributed by atoms with Gasteiger partial charge in [-0.3, -0.25) is 10.1 Å². The van der Waals surface area contributed by atoms with Gasteiger partial charge < -0.3 is 9.47 Å². The van der Waals surface area contributed by atoms with Crippen LogP contribution in [0.25, 0.3) is 11.3 Å². The number of nitrogens with zero attached hydrogens (tertiary/aromatic N) is 2. The monoisotopic (exact) mass is 375 g/mol. The maximum absolute atomic E-state index is 5.90. The summed E-state index contributed by atoms with van der Waals surface area (Å²) in [6.45, 7) is 2.74. The molecule has 0 amide bonds. The largest absolute Gasteiger partial charge is 0.493 e. The molecular weight excluding hydrogens is 350 g/mol. The van der Waals surface area contributed by atoms with Gasteiger partial charge in [-0.2, -0.15) is 5.10 Å². The van der Waals surface area contributed by atoms with Crippen LogP contribution in [-0.4, -0.2) is 30.1 Å². The summed E-state index contributed by atoms with van der Waals surface area (Å²) >= 11 is 0. The van der Waals surface area contributed by atoms with E-state index in [9.17, 15) is 0 Å². The van der Waals surface area contributed by atoms with Crippen molar-refractivity contribution < 1.29 is 9.47 Å². The molecule has 0 unspecified atom stereocenters. The third-order valence-electron chi connectivity index (χ3n) is 4.15. The summed E-state index contributed by atoms with van der Waals surface area (Å²) in [6, 6.07) is 17.5. The molecule has 0 saturated heterocycles. The molecule has 1 aromatic heterocycles. The Morgan fingerprint density at radius 1 is 1.00 bits per heavy atom. The van der Waals surface area contributed by atoms with Crippen molar-refractivity contribution in [2.75, 3.05) is 13.7 Å². The Bertz CT molecular complexity index is 896. The quantitative estimate of drug-likeness (QED) is 0.490. The molecule has 0 radical (unpaired) electrons. The van der Waals surface area contributed by atoms with Crippen LogP contribution < -0.4 is 9.47 Å². The maximum Gasteiger partial charge on any atom is 0.127 e. The van der Waals surface area contributed by atoms with Crippen LogP contribution in [0.4, 0.5) is 0 Å². The van der Waals surface area contributed by atoms with E-state index in [0.717, 1.165) is 41.3 Å². The number of aromatic nitrogens is 2. The molecule has 5 heteroatoms. The van der Waals surface area contributed by atoms with E-state index >= 15 is 0 Å². The third kappa shape index (κ3) is 5.58. The zero-order chi connectivity index (χ0) is 19.6. The first-order valence-corrected chi connectivity index (χ1v) is 9.40. The van der Waals surface area contributed by atoms with E-state index in [-0.39, 0.29) is 0 Å². The molecule has 3 rings (SSSR count). The molecular formula is C23H25N3O2. The number of benzene rings is 2. The zero-order valence-electron chi connectivity index (χ0n) is 16.3. The molecule has 3 aromatic rings. The minimum absolute atomic E-state index is 0.618. The number of aromatic amines is 1. The van der Waals surface area contributed by atoms with E-state index in [0.29, 0.717) is 6.61 Å². The highest BCUT2D eigenvalue weighted by atomic mass is 16.5. The first kappa shape index (κ1) is 19.4. The van der Waals surface area contributed by atoms with Crippen LogP contribution in [0.2, 0.25) is 0 Å². The summed E-state index contributed by atoms with van der Waals surface area (Å²) in [5.41, 5.74) is 3.25. The molecule has 28 heavy (non-hydrogen) atoms. The lowest BCUT2D eigenvalue weighted by Gasteiger charge is -2.09. The average molecular weight is 375 g/mol. The molecule has 0 spiro atoms. The van der Waals surface area contributed by atoms with Gasteiger partial charge in [-0.1, -0.05) is 13.0 Å². The molecule has 0 aliphatic rings. The molecule has 1 heterocycles. The molecule has 0 aliphatic heterocycles. The number of rotatable bonds is 9. The van der Waals surface area contributed by atoms with Gasteiger partial charge in [-0.05, 0) is 72.2 Å². The minimum atomic E-state index is 0.618. The van der Waals surface area contributed by atoms with Gasteiger partial charge in [0.15, 0.2) is 0 Å². The fourth-order valence-corrected chi connectivity index (χ4v) is 2.79. The van der Waals surface area contributed by atoms with Gasteiger partial charge in [0, 0.05) is 25.9 Å². The molecule has 0 saturated carbocycles. The Labute approximate surface area is 165 Å². The van der Waals surface area contributed by atoms with E-state index in [1.165, 1.54) is 5.57 Å². The molecule has 0 bridgehead atoms. The second-order valence-corrected chi connectivity index (χ2v) is 6.24. The van der Waals surface area contributed by atoms with E-state index in [4.69, 9.17) is 9.47 Å². The van der Waals surface area contributed by atoms with Gasteiger partial charge in [0.05, 0.1) is 12.3 Å². The van der Waals surface area contributed by atoms with Crippen LogP contribution in [0.3, 0.4) is 0 Å². The number of ether oxygens (including phenoxy) is 2. The summed E-state index contributed by atoms with van der Waals surface area (Å²) < 4.78 is 11.7. The summed E-state index contributed by atoms with van der Waals surface area (Å²) in [7, 11) is 1.79. The highest BCUT2D eigenvalue weighted by Crippen LogP contribution is 2.26. The van der Waals surface area contributed by atoms with Gasteiger partial charge in [0.25, 0.3) is 0 Å². The Hall–Kier alpha value is -3.34. The predicted octanol–water partition coefficient (Wildman–Crippen LogP) is 5.67. The van der Waals surface area contributed by atoms with Gasteiger partial charge in [-0.25, -0.2) is 0 Å². The normalized spacial score (nSPS) is 11.7. The van der Waals surface area contributed by atoms with Crippen molar-refractivity contribution in [2.45, 2.75) is 19.8 Å². The molecule has 0 atom stereocenters. The van der Waals surface area contributed by atoms with Crippen LogP contribution >= 0.6 is 0 Å². The number of nitrogens with one attached hydrogen (secondary N) is 1. The van der Waals surface area contributed by atoms with Crippen molar-refractivity contribution in [2.24, 2.45) is 4.99 Å². The lowest BCUT2D eigenvalue weighted by atomic mass is 10.1. The van der Waals surface area contributed by atoms with Crippen molar-refractivity contribution in [1.82, 2.24) is 10.2 Å². The Balaban J connectivity index is 1.52. The fourth-order valence-electron chi connectivity index (χ4n) is 2.79. The molecule has 5 nitrogen and oxygen atoms in total. The Morgan fingerprint density at radius 3 is 2.29 bits per heavy atom. The van der Waals surface area contributed by atoms with E-state index in [1.54, 1.807) is 13.2 Å². The highest BCUT2D eigenvalue weighted by molar-refractivity contribution is 5.78. The van der Waals surface area contributed by atoms with Crippen molar-refractivity contribution in [1.29, 1.82) is 0 Å². The standard InChI is InChI=1S/C23H25N3O2/c1-3-4-18(17-24-2)14-16-27-20-9-11-22(12-10-20)28-21-7-5-19(6-8-21)23-13-15-25-26-23/h4-13,15,17H,3,14,16H2,1-2H3,(H,25,26)/b18-4-,24-17?. The fraction of sp³-hybridized carbons (Fsp3) is 0.217. The molecule has 144 valence electrons. The van der Waals surface area contributed by atoms with Crippen molar-refractivity contribution in [3.63, 3.8) is 0 Å². The summed E-state index contributed by atoms with van der Waals surface area (Å²) in [5, 5.41) is 6.92. The average Bonchev–Trinajstić information content (AvgIpc) is 3.25. The highest BCUT2D eigenvalue weighted by Gasteiger charge is 2.02. The first-order chi connectivity index (χ1) is 13.8. The van der Waals surface area contributed by atoms with E-state index in [2.05, 4.69) is 28.2 Å². The SMILES string of the molecule is CC/C=C(\C=NC)CCOc1ccc(Oc2ccc(-c3ccn[nH]3)cc2)cc1. The van der Waals surface area contributed by atoms with Crippen LogP contribution in [-0.2, 0) is 0 Å². The summed E-state index contributed by atoms with van der Waals surface area (Å²) in [4.78, 5) is 4.08. The number of hydrogen-bond donors (Lipinski definition) is 1. The van der Waals surface area contributed by atoms with E-state index in [1.807, 2.05) is 60.8 Å². The van der Waals surface area contributed by atoms with Gasteiger partial charge >= 0.3 is 0 Å². The van der Waals surface area contributed by atoms with Gasteiger partial charge in [0.1, 0.15) is 17.2 Å². The second-order valence-electron chi connectivity index (χ2n) is 6.24. The summed E-state index contributed by atoms with van der Waals surface area (Å²) in [5.74, 6) is 2.38. The molecule has 0 fully saturated rings. The van der Waals surface area contributed by atoms with Gasteiger partial charge in [-0.15, -0.1) is 0 Å². The van der Waals surface area contributed by atoms with Crippen molar-refractivity contribution in [3.8, 4) is 28.5 Å². The lowest BCUT2D eigenvalue weighted by Crippen LogP contribution is -2.00. The maximum atomic E-state index is 5.90. The van der Waals surface area contributed by atoms with Crippen molar-refractivity contribution >= 4 is 6.21 Å². The van der Waals surface area contributed by atoms with Crippen molar-refractivity contribution in [3.05, 3.63) is 72.4 Å². The molecule has 2 aromatic carbocycles. The van der Waals surface area contributed by atoms with Crippen LogP contribution in [0.5, 0.6) is 17.2 Å². The van der Waals surface area contributed by atoms with Crippen LogP contribution in [0, 0.1) is 0 Å². The van der Waals surface area contributed by atoms with Crippen LogP contribution in [0.1, 0.15) is 19.8 Å². The third-order valence-corrected chi connectivity index (χ3v) is 4.15. The zero-order valence-corrected chi connectivity index (χ0v) is 16.3. The Morgan fingerprint density at radius 2 is 1.68 bits per heavy atom. The minimum Gasteiger partial charge on any atom is -0.493 e. The van der Waals surface area contributed by atoms with Gasteiger partial charge in [0.2, 0.25) is 0 Å². The first-order valence-electron chi connectivity index (χ1n) is 9.40. The van der Waals surface area contributed by atoms with Crippen LogP contribution in [0.15, 0.2) is 77.4 Å². The Kier molecular flexibility index (Phi) is 7.01. The molecule has 1 N–H and O–H groups in total. The van der Waals surface area contributed by atoms with E-state index < -0.39 is 0 Å². The topological polar surface area (TPSA) is 59.5 Å². The smallest absolute Gasteiger partial charge is 0.127 e. The second kappa shape index (κ2) is 10.1. The number of aliphatic imine (C=N–C) groups is 1. The predicted molar refractivity (Wildman–Crippen MR) is 113 cm³/mol. The number of allylic oxidation sites excluding steroid dienone is 1.